The molecule has 0 radical (unpaired) electrons. The van der Waals surface area contributed by atoms with Crippen molar-refractivity contribution in [2.75, 3.05) is 0 Å². The van der Waals surface area contributed by atoms with Gasteiger partial charge in [-0.05, 0) is 39.3 Å². The number of hydrogen-bond acceptors (Lipinski definition) is 2. The molecule has 1 aromatic heterocycles. The standard InChI is InChI=1S/C21H23NO/c1-5-16(4)22-19-13-21(17-9-6-14(2)7-10-17)23-20-11-8-15(3)12-18(19)20/h6-13,16H,5H2,1-4H3. The summed E-state index contributed by atoms with van der Waals surface area (Å²) >= 11 is 0. The molecule has 0 aliphatic heterocycles. The molecule has 0 amide bonds. The summed E-state index contributed by atoms with van der Waals surface area (Å²) in [6, 6.07) is 17.0. The fourth-order valence-corrected chi connectivity index (χ4v) is 2.58. The molecule has 0 aliphatic carbocycles. The highest BCUT2D eigenvalue weighted by atomic mass is 16.3. The van der Waals surface area contributed by atoms with Gasteiger partial charge in [0.05, 0.1) is 5.36 Å². The Labute approximate surface area is 137 Å². The van der Waals surface area contributed by atoms with Crippen molar-refractivity contribution in [2.24, 2.45) is 4.99 Å². The smallest absolute Gasteiger partial charge is 0.136 e. The van der Waals surface area contributed by atoms with Crippen molar-refractivity contribution in [3.05, 3.63) is 65.0 Å². The van der Waals surface area contributed by atoms with Gasteiger partial charge < -0.3 is 4.42 Å². The summed E-state index contributed by atoms with van der Waals surface area (Å²) in [4.78, 5) is 4.89. The second kappa shape index (κ2) is 6.41. The summed E-state index contributed by atoms with van der Waals surface area (Å²) in [5.74, 6) is 0.864. The molecule has 0 saturated carbocycles. The summed E-state index contributed by atoms with van der Waals surface area (Å²) < 4.78 is 6.14. The van der Waals surface area contributed by atoms with Crippen LogP contribution in [-0.4, -0.2) is 6.04 Å². The molecule has 0 bridgehead atoms. The largest absolute Gasteiger partial charge is 0.456 e. The Balaban J connectivity index is 2.27. The molecular formula is C21H23NO. The highest BCUT2D eigenvalue weighted by Gasteiger charge is 2.07. The van der Waals surface area contributed by atoms with Crippen LogP contribution < -0.4 is 5.36 Å². The Morgan fingerprint density at radius 1 is 0.957 bits per heavy atom. The van der Waals surface area contributed by atoms with Crippen LogP contribution in [0.1, 0.15) is 31.4 Å². The molecule has 0 spiro atoms. The van der Waals surface area contributed by atoms with Gasteiger partial charge in [-0.3, -0.25) is 4.99 Å². The molecule has 0 N–H and O–H groups in total. The molecule has 2 nitrogen and oxygen atoms in total. The number of aryl methyl sites for hydroxylation is 2. The Kier molecular flexibility index (Phi) is 4.33. The van der Waals surface area contributed by atoms with Gasteiger partial charge in [-0.1, -0.05) is 48.4 Å². The lowest BCUT2D eigenvalue weighted by molar-refractivity contribution is 0.616. The average molecular weight is 305 g/mol. The fourth-order valence-electron chi connectivity index (χ4n) is 2.58. The second-order valence-electron chi connectivity index (χ2n) is 6.25. The van der Waals surface area contributed by atoms with E-state index in [2.05, 4.69) is 70.2 Å². The van der Waals surface area contributed by atoms with Gasteiger partial charge in [0.25, 0.3) is 0 Å². The predicted octanol–water partition coefficient (Wildman–Crippen LogP) is 5.42. The summed E-state index contributed by atoms with van der Waals surface area (Å²) in [7, 11) is 0. The van der Waals surface area contributed by atoms with Crippen LogP contribution in [0, 0.1) is 13.8 Å². The maximum absolute atomic E-state index is 6.14. The minimum absolute atomic E-state index is 0.298. The van der Waals surface area contributed by atoms with Crippen LogP contribution in [0.15, 0.2) is 57.9 Å². The first-order valence-corrected chi connectivity index (χ1v) is 8.22. The third-order valence-electron chi connectivity index (χ3n) is 4.19. The lowest BCUT2D eigenvalue weighted by atomic mass is 10.1. The lowest BCUT2D eigenvalue weighted by Gasteiger charge is -2.08. The Morgan fingerprint density at radius 3 is 2.35 bits per heavy atom. The molecule has 1 heterocycles. The number of hydrogen-bond donors (Lipinski definition) is 0. The van der Waals surface area contributed by atoms with Gasteiger partial charge in [0.15, 0.2) is 0 Å². The van der Waals surface area contributed by atoms with Crippen molar-refractivity contribution in [1.82, 2.24) is 0 Å². The van der Waals surface area contributed by atoms with Crippen molar-refractivity contribution in [2.45, 2.75) is 40.2 Å². The molecule has 118 valence electrons. The molecule has 3 rings (SSSR count). The molecule has 0 aliphatic rings. The van der Waals surface area contributed by atoms with Crippen molar-refractivity contribution < 1.29 is 4.42 Å². The zero-order chi connectivity index (χ0) is 16.4. The first kappa shape index (κ1) is 15.5. The maximum Gasteiger partial charge on any atom is 0.136 e. The first-order valence-electron chi connectivity index (χ1n) is 8.22. The predicted molar refractivity (Wildman–Crippen MR) is 96.4 cm³/mol. The monoisotopic (exact) mass is 305 g/mol. The van der Waals surface area contributed by atoms with Crippen molar-refractivity contribution in [3.63, 3.8) is 0 Å². The number of benzene rings is 2. The molecule has 1 unspecified atom stereocenters. The zero-order valence-electron chi connectivity index (χ0n) is 14.3. The van der Waals surface area contributed by atoms with E-state index in [0.29, 0.717) is 6.04 Å². The van der Waals surface area contributed by atoms with Gasteiger partial charge in [0.1, 0.15) is 11.3 Å². The summed E-state index contributed by atoms with van der Waals surface area (Å²) in [5.41, 5.74) is 4.43. The highest BCUT2D eigenvalue weighted by molar-refractivity contribution is 5.79. The van der Waals surface area contributed by atoms with Crippen LogP contribution in [0.2, 0.25) is 0 Å². The van der Waals surface area contributed by atoms with Gasteiger partial charge in [0.2, 0.25) is 0 Å². The Morgan fingerprint density at radius 2 is 1.65 bits per heavy atom. The van der Waals surface area contributed by atoms with E-state index in [1.165, 1.54) is 11.1 Å². The van der Waals surface area contributed by atoms with Crippen molar-refractivity contribution >= 4 is 11.0 Å². The van der Waals surface area contributed by atoms with E-state index in [-0.39, 0.29) is 0 Å². The summed E-state index contributed by atoms with van der Waals surface area (Å²) in [6.07, 6.45) is 1.03. The Hall–Kier alpha value is -2.35. The van der Waals surface area contributed by atoms with Crippen molar-refractivity contribution in [1.29, 1.82) is 0 Å². The van der Waals surface area contributed by atoms with E-state index < -0.39 is 0 Å². The van der Waals surface area contributed by atoms with Crippen LogP contribution in [0.5, 0.6) is 0 Å². The Bertz CT molecular complexity index is 888. The van der Waals surface area contributed by atoms with E-state index in [1.54, 1.807) is 0 Å². The SMILES string of the molecule is CCC(C)N=c1cc(-c2ccc(C)cc2)oc2ccc(C)cc12. The average Bonchev–Trinajstić information content (AvgIpc) is 2.55. The quantitative estimate of drug-likeness (QED) is 0.634. The van der Waals surface area contributed by atoms with Gasteiger partial charge in [-0.2, -0.15) is 0 Å². The van der Waals surface area contributed by atoms with E-state index >= 15 is 0 Å². The van der Waals surface area contributed by atoms with Gasteiger partial charge in [0, 0.05) is 23.1 Å². The lowest BCUT2D eigenvalue weighted by Crippen LogP contribution is -2.09. The number of rotatable bonds is 3. The zero-order valence-corrected chi connectivity index (χ0v) is 14.3. The number of fused-ring (bicyclic) bond motifs is 1. The molecule has 0 fully saturated rings. The molecule has 2 aromatic carbocycles. The van der Waals surface area contributed by atoms with Crippen LogP contribution >= 0.6 is 0 Å². The van der Waals surface area contributed by atoms with Crippen molar-refractivity contribution in [3.8, 4) is 11.3 Å². The van der Waals surface area contributed by atoms with Crippen LogP contribution in [-0.2, 0) is 0 Å². The highest BCUT2D eigenvalue weighted by Crippen LogP contribution is 2.23. The van der Waals surface area contributed by atoms with E-state index in [1.807, 2.05) is 6.07 Å². The molecule has 23 heavy (non-hydrogen) atoms. The topological polar surface area (TPSA) is 25.5 Å². The fraction of sp³-hybridized carbons (Fsp3) is 0.286. The number of nitrogens with zero attached hydrogens (tertiary/aromatic N) is 1. The van der Waals surface area contributed by atoms with E-state index in [9.17, 15) is 0 Å². The van der Waals surface area contributed by atoms with E-state index in [0.717, 1.165) is 34.1 Å². The van der Waals surface area contributed by atoms with Gasteiger partial charge in [-0.15, -0.1) is 0 Å². The molecule has 2 heteroatoms. The van der Waals surface area contributed by atoms with Gasteiger partial charge >= 0.3 is 0 Å². The minimum atomic E-state index is 0.298. The summed E-state index contributed by atoms with van der Waals surface area (Å²) in [5, 5.41) is 2.10. The molecule has 3 aromatic rings. The molecular weight excluding hydrogens is 282 g/mol. The third-order valence-corrected chi connectivity index (χ3v) is 4.19. The van der Waals surface area contributed by atoms with Crippen LogP contribution in [0.4, 0.5) is 0 Å². The maximum atomic E-state index is 6.14. The van der Waals surface area contributed by atoms with E-state index in [4.69, 9.17) is 9.41 Å². The second-order valence-corrected chi connectivity index (χ2v) is 6.25. The molecule has 0 saturated heterocycles. The van der Waals surface area contributed by atoms with Gasteiger partial charge in [-0.25, -0.2) is 0 Å². The van der Waals surface area contributed by atoms with Crippen LogP contribution in [0.25, 0.3) is 22.3 Å². The normalized spacial score (nSPS) is 13.5. The third kappa shape index (κ3) is 3.37. The summed E-state index contributed by atoms with van der Waals surface area (Å²) in [6.45, 7) is 8.50. The first-order chi connectivity index (χ1) is 11.1. The van der Waals surface area contributed by atoms with Crippen LogP contribution in [0.3, 0.4) is 0 Å². The minimum Gasteiger partial charge on any atom is -0.456 e. The molecule has 1 atom stereocenters.